The number of aryl methyl sites for hydroxylation is 2. The Morgan fingerprint density at radius 3 is 2.91 bits per heavy atom. The number of fused-ring (bicyclic) bond motifs is 2. The maximum Gasteiger partial charge on any atom is 0.250 e. The lowest BCUT2D eigenvalue weighted by Crippen LogP contribution is -2.34. The van der Waals surface area contributed by atoms with Crippen molar-refractivity contribution in [2.24, 2.45) is 13.0 Å². The third-order valence-electron chi connectivity index (χ3n) is 6.78. The van der Waals surface area contributed by atoms with Gasteiger partial charge < -0.3 is 19.4 Å². The summed E-state index contributed by atoms with van der Waals surface area (Å²) in [4.78, 5) is 20.6. The molecule has 2 aliphatic rings. The minimum atomic E-state index is -0.540. The molecule has 0 radical (unpaired) electrons. The van der Waals surface area contributed by atoms with Crippen molar-refractivity contribution < 1.29 is 13.9 Å². The van der Waals surface area contributed by atoms with Crippen LogP contribution in [0.5, 0.6) is 11.5 Å². The number of pyridine rings is 3. The molecule has 8 heteroatoms. The number of rotatable bonds is 6. The molecule has 5 rings (SSSR count). The van der Waals surface area contributed by atoms with Gasteiger partial charge in [0.15, 0.2) is 11.6 Å². The Morgan fingerprint density at radius 2 is 2.06 bits per heavy atom. The Morgan fingerprint density at radius 1 is 1.21 bits per heavy atom. The van der Waals surface area contributed by atoms with Gasteiger partial charge in [-0.05, 0) is 62.1 Å². The summed E-state index contributed by atoms with van der Waals surface area (Å²) in [6, 6.07) is 5.63. The predicted molar refractivity (Wildman–Crippen MR) is 123 cm³/mol. The first-order valence-electron chi connectivity index (χ1n) is 11.7. The number of ether oxygens (including phenoxy) is 2. The van der Waals surface area contributed by atoms with Gasteiger partial charge in [-0.3, -0.25) is 14.8 Å². The summed E-state index contributed by atoms with van der Waals surface area (Å²) < 4.78 is 27.4. The van der Waals surface area contributed by atoms with Crippen LogP contribution in [0.25, 0.3) is 11.0 Å². The standard InChI is InChI=1S/C25H29FN4O3/c1-30-23(31)9-8-21-24(30)25(20(26)13-29-21)33-15-16-4-6-18(7-5-16)27-12-19-11-17-3-2-10-32-22(17)14-28-19/h8-9,11,13-14,16,18,27H,2-7,10,12,15H2,1H3. The third-order valence-corrected chi connectivity index (χ3v) is 6.78. The number of halogens is 1. The van der Waals surface area contributed by atoms with E-state index in [1.54, 1.807) is 13.1 Å². The fourth-order valence-corrected chi connectivity index (χ4v) is 4.82. The summed E-state index contributed by atoms with van der Waals surface area (Å²) in [5.41, 5.74) is 3.04. The zero-order valence-electron chi connectivity index (χ0n) is 18.8. The number of nitrogens with one attached hydrogen (secondary N) is 1. The van der Waals surface area contributed by atoms with Gasteiger partial charge in [0.05, 0.1) is 36.8 Å². The average Bonchev–Trinajstić information content (AvgIpc) is 2.85. The van der Waals surface area contributed by atoms with E-state index >= 15 is 0 Å². The van der Waals surface area contributed by atoms with Crippen LogP contribution in [0.1, 0.15) is 43.4 Å². The number of hydrogen-bond acceptors (Lipinski definition) is 6. The molecule has 7 nitrogen and oxygen atoms in total. The Balaban J connectivity index is 1.15. The molecule has 1 aliphatic heterocycles. The van der Waals surface area contributed by atoms with Gasteiger partial charge in [0, 0.05) is 25.7 Å². The zero-order chi connectivity index (χ0) is 22.8. The van der Waals surface area contributed by atoms with E-state index in [2.05, 4.69) is 21.4 Å². The fourth-order valence-electron chi connectivity index (χ4n) is 4.82. The molecule has 1 fully saturated rings. The highest BCUT2D eigenvalue weighted by molar-refractivity contribution is 5.81. The van der Waals surface area contributed by atoms with E-state index in [1.807, 2.05) is 6.20 Å². The Hall–Kier alpha value is -3.00. The summed E-state index contributed by atoms with van der Waals surface area (Å²) in [6.45, 7) is 1.96. The lowest BCUT2D eigenvalue weighted by molar-refractivity contribution is 0.187. The van der Waals surface area contributed by atoms with Crippen LogP contribution in [0.4, 0.5) is 4.39 Å². The largest absolute Gasteiger partial charge is 0.492 e. The van der Waals surface area contributed by atoms with Crippen molar-refractivity contribution in [2.45, 2.75) is 51.1 Å². The fraction of sp³-hybridized carbons (Fsp3) is 0.480. The lowest BCUT2D eigenvalue weighted by Gasteiger charge is -2.29. The van der Waals surface area contributed by atoms with Crippen molar-refractivity contribution in [2.75, 3.05) is 13.2 Å². The molecule has 0 spiro atoms. The molecule has 0 unspecified atom stereocenters. The Kier molecular flexibility index (Phi) is 6.26. The first-order chi connectivity index (χ1) is 16.1. The van der Waals surface area contributed by atoms with Gasteiger partial charge in [0.2, 0.25) is 0 Å². The summed E-state index contributed by atoms with van der Waals surface area (Å²) in [6.07, 6.45) is 9.21. The monoisotopic (exact) mass is 452 g/mol. The van der Waals surface area contributed by atoms with E-state index in [0.29, 0.717) is 29.6 Å². The maximum absolute atomic E-state index is 14.5. The molecular formula is C25H29FN4O3. The van der Waals surface area contributed by atoms with Crippen LogP contribution in [0.3, 0.4) is 0 Å². The highest BCUT2D eigenvalue weighted by Gasteiger charge is 2.23. The zero-order valence-corrected chi connectivity index (χ0v) is 18.8. The van der Waals surface area contributed by atoms with Gasteiger partial charge in [0.25, 0.3) is 5.56 Å². The van der Waals surface area contributed by atoms with Crippen LogP contribution in [0.15, 0.2) is 35.4 Å². The molecule has 0 aromatic carbocycles. The van der Waals surface area contributed by atoms with E-state index in [9.17, 15) is 9.18 Å². The maximum atomic E-state index is 14.5. The van der Waals surface area contributed by atoms with E-state index in [0.717, 1.165) is 69.3 Å². The topological polar surface area (TPSA) is 78.3 Å². The van der Waals surface area contributed by atoms with Crippen LogP contribution >= 0.6 is 0 Å². The molecule has 4 heterocycles. The number of nitrogens with zero attached hydrogens (tertiary/aromatic N) is 3. The van der Waals surface area contributed by atoms with Crippen molar-refractivity contribution in [1.29, 1.82) is 0 Å². The summed E-state index contributed by atoms with van der Waals surface area (Å²) in [7, 11) is 1.61. The average molecular weight is 453 g/mol. The van der Waals surface area contributed by atoms with Gasteiger partial charge in [-0.25, -0.2) is 4.39 Å². The van der Waals surface area contributed by atoms with Gasteiger partial charge in [-0.1, -0.05) is 0 Å². The van der Waals surface area contributed by atoms with E-state index in [4.69, 9.17) is 9.47 Å². The van der Waals surface area contributed by atoms with Crippen molar-refractivity contribution in [3.63, 3.8) is 0 Å². The summed E-state index contributed by atoms with van der Waals surface area (Å²) in [5, 5.41) is 3.64. The molecule has 3 aromatic rings. The predicted octanol–water partition coefficient (Wildman–Crippen LogP) is 3.52. The molecule has 3 aromatic heterocycles. The van der Waals surface area contributed by atoms with Crippen molar-refractivity contribution >= 4 is 11.0 Å². The van der Waals surface area contributed by atoms with E-state index in [-0.39, 0.29) is 11.3 Å². The first-order valence-corrected chi connectivity index (χ1v) is 11.7. The lowest BCUT2D eigenvalue weighted by atomic mass is 9.86. The molecule has 174 valence electrons. The minimum Gasteiger partial charge on any atom is -0.492 e. The van der Waals surface area contributed by atoms with Crippen molar-refractivity contribution in [3.8, 4) is 11.5 Å². The summed E-state index contributed by atoms with van der Waals surface area (Å²) in [5.74, 6) is 0.847. The van der Waals surface area contributed by atoms with Crippen molar-refractivity contribution in [1.82, 2.24) is 19.9 Å². The van der Waals surface area contributed by atoms with Gasteiger partial charge in [0.1, 0.15) is 11.3 Å². The second-order valence-electron chi connectivity index (χ2n) is 9.04. The Bertz CT molecular complexity index is 1200. The number of aromatic nitrogens is 3. The van der Waals surface area contributed by atoms with E-state index in [1.165, 1.54) is 16.2 Å². The van der Waals surface area contributed by atoms with Crippen LogP contribution in [-0.4, -0.2) is 33.8 Å². The quantitative estimate of drug-likeness (QED) is 0.617. The molecule has 0 saturated heterocycles. The molecule has 1 aliphatic carbocycles. The van der Waals surface area contributed by atoms with E-state index < -0.39 is 5.82 Å². The molecule has 0 bridgehead atoms. The van der Waals surface area contributed by atoms with Crippen LogP contribution in [0.2, 0.25) is 0 Å². The highest BCUT2D eigenvalue weighted by atomic mass is 19.1. The van der Waals surface area contributed by atoms with Gasteiger partial charge in [-0.15, -0.1) is 0 Å². The van der Waals surface area contributed by atoms with Crippen LogP contribution < -0.4 is 20.3 Å². The molecule has 33 heavy (non-hydrogen) atoms. The minimum absolute atomic E-state index is 0.114. The smallest absolute Gasteiger partial charge is 0.250 e. The first kappa shape index (κ1) is 21.8. The SMILES string of the molecule is Cn1c(=O)ccc2ncc(F)c(OCC3CCC(NCc4cc5c(cn4)OCCC5)CC3)c21. The molecule has 1 saturated carbocycles. The van der Waals surface area contributed by atoms with Crippen LogP contribution in [0, 0.1) is 11.7 Å². The van der Waals surface area contributed by atoms with Crippen LogP contribution in [-0.2, 0) is 20.0 Å². The second-order valence-corrected chi connectivity index (χ2v) is 9.04. The Labute approximate surface area is 192 Å². The molecule has 0 amide bonds. The summed E-state index contributed by atoms with van der Waals surface area (Å²) >= 11 is 0. The van der Waals surface area contributed by atoms with Gasteiger partial charge in [-0.2, -0.15) is 0 Å². The molecule has 1 N–H and O–H groups in total. The highest BCUT2D eigenvalue weighted by Crippen LogP contribution is 2.30. The second kappa shape index (κ2) is 9.47. The third kappa shape index (κ3) is 4.71. The molecular weight excluding hydrogens is 423 g/mol. The molecule has 0 atom stereocenters. The normalized spacial score (nSPS) is 20.3. The van der Waals surface area contributed by atoms with Crippen molar-refractivity contribution in [3.05, 3.63) is 58.0 Å². The number of hydrogen-bond donors (Lipinski definition) is 1. The van der Waals surface area contributed by atoms with Gasteiger partial charge >= 0.3 is 0 Å².